The van der Waals surface area contributed by atoms with Crippen LogP contribution in [0.25, 0.3) is 0 Å². The number of benzene rings is 2. The van der Waals surface area contributed by atoms with Crippen molar-refractivity contribution in [1.82, 2.24) is 0 Å². The van der Waals surface area contributed by atoms with Gasteiger partial charge in [0.2, 0.25) is 0 Å². The lowest BCUT2D eigenvalue weighted by Gasteiger charge is -2.18. The minimum absolute atomic E-state index is 0.0337. The Morgan fingerprint density at radius 3 is 2.33 bits per heavy atom. The van der Waals surface area contributed by atoms with Crippen molar-refractivity contribution in [3.63, 3.8) is 0 Å². The van der Waals surface area contributed by atoms with E-state index in [-0.39, 0.29) is 6.04 Å². The molecule has 2 aromatic carbocycles. The molecule has 0 heterocycles. The first kappa shape index (κ1) is 12.4. The summed E-state index contributed by atoms with van der Waals surface area (Å²) in [4.78, 5) is 10.8. The van der Waals surface area contributed by atoms with Crippen molar-refractivity contribution >= 4 is 12.0 Å². The fraction of sp³-hybridized carbons (Fsp3) is 0.188. The van der Waals surface area contributed by atoms with Crippen LogP contribution in [0, 0.1) is 6.92 Å². The van der Waals surface area contributed by atoms with Crippen LogP contribution >= 0.6 is 0 Å². The molecule has 0 aliphatic heterocycles. The van der Waals surface area contributed by atoms with Crippen molar-refractivity contribution in [3.8, 4) is 0 Å². The van der Waals surface area contributed by atoms with E-state index in [1.807, 2.05) is 42.5 Å². The first-order valence-corrected chi connectivity index (χ1v) is 6.11. The molecule has 18 heavy (non-hydrogen) atoms. The SMILES string of the molecule is Cc1ccc(N[C@@H](CC=O)c2ccccc2)cc1. The number of nitrogens with one attached hydrogen (secondary N) is 1. The van der Waals surface area contributed by atoms with E-state index in [4.69, 9.17) is 0 Å². The molecular weight excluding hydrogens is 222 g/mol. The topological polar surface area (TPSA) is 29.1 Å². The summed E-state index contributed by atoms with van der Waals surface area (Å²) >= 11 is 0. The van der Waals surface area contributed by atoms with Crippen LogP contribution in [0.1, 0.15) is 23.6 Å². The summed E-state index contributed by atoms with van der Waals surface area (Å²) in [6.07, 6.45) is 1.43. The van der Waals surface area contributed by atoms with Gasteiger partial charge in [0.25, 0.3) is 0 Å². The minimum Gasteiger partial charge on any atom is -0.378 e. The number of rotatable bonds is 5. The molecule has 0 aliphatic rings. The van der Waals surface area contributed by atoms with Gasteiger partial charge in [-0.1, -0.05) is 48.0 Å². The molecule has 2 heteroatoms. The zero-order valence-electron chi connectivity index (χ0n) is 10.5. The fourth-order valence-corrected chi connectivity index (χ4v) is 1.91. The molecule has 0 radical (unpaired) electrons. The monoisotopic (exact) mass is 239 g/mol. The Morgan fingerprint density at radius 2 is 1.72 bits per heavy atom. The molecule has 1 N–H and O–H groups in total. The molecule has 1 atom stereocenters. The molecule has 0 aliphatic carbocycles. The van der Waals surface area contributed by atoms with Gasteiger partial charge in [-0.15, -0.1) is 0 Å². The Balaban J connectivity index is 2.16. The van der Waals surface area contributed by atoms with E-state index in [2.05, 4.69) is 24.4 Å². The minimum atomic E-state index is 0.0337. The summed E-state index contributed by atoms with van der Waals surface area (Å²) < 4.78 is 0. The zero-order valence-corrected chi connectivity index (χ0v) is 10.5. The number of hydrogen-bond acceptors (Lipinski definition) is 2. The van der Waals surface area contributed by atoms with Gasteiger partial charge in [-0.3, -0.25) is 0 Å². The third-order valence-corrected chi connectivity index (χ3v) is 2.93. The lowest BCUT2D eigenvalue weighted by molar-refractivity contribution is -0.108. The highest BCUT2D eigenvalue weighted by molar-refractivity contribution is 5.55. The maximum absolute atomic E-state index is 10.8. The van der Waals surface area contributed by atoms with Crippen molar-refractivity contribution in [2.24, 2.45) is 0 Å². The molecule has 0 aromatic heterocycles. The molecule has 92 valence electrons. The van der Waals surface area contributed by atoms with Gasteiger partial charge in [0, 0.05) is 12.1 Å². The molecule has 2 aromatic rings. The van der Waals surface area contributed by atoms with E-state index in [0.717, 1.165) is 17.5 Å². The van der Waals surface area contributed by atoms with Crippen LogP contribution in [-0.2, 0) is 4.79 Å². The number of carbonyl (C=O) groups is 1. The van der Waals surface area contributed by atoms with Crippen molar-refractivity contribution in [2.75, 3.05) is 5.32 Å². The van der Waals surface area contributed by atoms with E-state index < -0.39 is 0 Å². The van der Waals surface area contributed by atoms with Crippen LogP contribution in [-0.4, -0.2) is 6.29 Å². The fourth-order valence-electron chi connectivity index (χ4n) is 1.91. The highest BCUT2D eigenvalue weighted by atomic mass is 16.1. The molecule has 0 spiro atoms. The molecule has 0 saturated carbocycles. The average molecular weight is 239 g/mol. The zero-order chi connectivity index (χ0) is 12.8. The largest absolute Gasteiger partial charge is 0.378 e. The second-order valence-corrected chi connectivity index (χ2v) is 4.38. The summed E-state index contributed by atoms with van der Waals surface area (Å²) in [5.41, 5.74) is 3.40. The standard InChI is InChI=1S/C16H17NO/c1-13-7-9-15(10-8-13)17-16(11-12-18)14-5-3-2-4-6-14/h2-10,12,16-17H,11H2,1H3/t16-/m0/s1. The summed E-state index contributed by atoms with van der Waals surface area (Å²) in [5, 5.41) is 3.39. The second-order valence-electron chi connectivity index (χ2n) is 4.38. The summed E-state index contributed by atoms with van der Waals surface area (Å²) in [5.74, 6) is 0. The van der Waals surface area contributed by atoms with E-state index >= 15 is 0 Å². The Bertz CT molecular complexity index is 490. The van der Waals surface area contributed by atoms with Crippen molar-refractivity contribution < 1.29 is 4.79 Å². The van der Waals surface area contributed by atoms with Crippen LogP contribution in [0.5, 0.6) is 0 Å². The lowest BCUT2D eigenvalue weighted by atomic mass is 10.0. The Morgan fingerprint density at radius 1 is 1.06 bits per heavy atom. The second kappa shape index (κ2) is 6.01. The van der Waals surface area contributed by atoms with Crippen molar-refractivity contribution in [2.45, 2.75) is 19.4 Å². The maximum atomic E-state index is 10.8. The molecular formula is C16H17NO. The number of aldehydes is 1. The first-order valence-electron chi connectivity index (χ1n) is 6.11. The molecule has 0 fully saturated rings. The number of aryl methyl sites for hydroxylation is 1. The summed E-state index contributed by atoms with van der Waals surface area (Å²) in [6, 6.07) is 18.3. The quantitative estimate of drug-likeness (QED) is 0.805. The highest BCUT2D eigenvalue weighted by Crippen LogP contribution is 2.21. The number of hydrogen-bond donors (Lipinski definition) is 1. The maximum Gasteiger partial charge on any atom is 0.122 e. The van der Waals surface area contributed by atoms with Gasteiger partial charge in [-0.05, 0) is 24.6 Å². The summed E-state index contributed by atoms with van der Waals surface area (Å²) in [6.45, 7) is 2.06. The van der Waals surface area contributed by atoms with Gasteiger partial charge in [0.05, 0.1) is 6.04 Å². The van der Waals surface area contributed by atoms with Crippen LogP contribution < -0.4 is 5.32 Å². The van der Waals surface area contributed by atoms with Gasteiger partial charge >= 0.3 is 0 Å². The average Bonchev–Trinajstić information content (AvgIpc) is 2.42. The van der Waals surface area contributed by atoms with Crippen molar-refractivity contribution in [1.29, 1.82) is 0 Å². The van der Waals surface area contributed by atoms with E-state index in [9.17, 15) is 4.79 Å². The lowest BCUT2D eigenvalue weighted by Crippen LogP contribution is -2.11. The molecule has 0 unspecified atom stereocenters. The third kappa shape index (κ3) is 3.20. The number of carbonyl (C=O) groups excluding carboxylic acids is 1. The first-order chi connectivity index (χ1) is 8.79. The molecule has 0 amide bonds. The third-order valence-electron chi connectivity index (χ3n) is 2.93. The smallest absolute Gasteiger partial charge is 0.122 e. The van der Waals surface area contributed by atoms with Crippen LogP contribution in [0.2, 0.25) is 0 Å². The number of anilines is 1. The van der Waals surface area contributed by atoms with Crippen LogP contribution in [0.4, 0.5) is 5.69 Å². The Hall–Kier alpha value is -2.09. The Labute approximate surface area is 108 Å². The van der Waals surface area contributed by atoms with Gasteiger partial charge in [-0.2, -0.15) is 0 Å². The van der Waals surface area contributed by atoms with Crippen molar-refractivity contribution in [3.05, 3.63) is 65.7 Å². The molecule has 0 bridgehead atoms. The molecule has 2 nitrogen and oxygen atoms in total. The predicted octanol–water partition coefficient (Wildman–Crippen LogP) is 3.74. The van der Waals surface area contributed by atoms with Crippen LogP contribution in [0.15, 0.2) is 54.6 Å². The van der Waals surface area contributed by atoms with Crippen LogP contribution in [0.3, 0.4) is 0 Å². The normalized spacial score (nSPS) is 11.8. The summed E-state index contributed by atoms with van der Waals surface area (Å²) in [7, 11) is 0. The predicted molar refractivity (Wildman–Crippen MR) is 74.7 cm³/mol. The molecule has 2 rings (SSSR count). The van der Waals surface area contributed by atoms with E-state index in [1.54, 1.807) is 0 Å². The highest BCUT2D eigenvalue weighted by Gasteiger charge is 2.09. The van der Waals surface area contributed by atoms with Gasteiger partial charge < -0.3 is 10.1 Å². The van der Waals surface area contributed by atoms with E-state index in [0.29, 0.717) is 6.42 Å². The Kier molecular flexibility index (Phi) is 4.13. The van der Waals surface area contributed by atoms with E-state index in [1.165, 1.54) is 5.56 Å². The van der Waals surface area contributed by atoms with Gasteiger partial charge in [-0.25, -0.2) is 0 Å². The van der Waals surface area contributed by atoms with Gasteiger partial charge in [0.15, 0.2) is 0 Å². The van der Waals surface area contributed by atoms with Gasteiger partial charge in [0.1, 0.15) is 6.29 Å². The molecule has 0 saturated heterocycles.